The predicted molar refractivity (Wildman–Crippen MR) is 72.9 cm³/mol. The van der Waals surface area contributed by atoms with E-state index in [1.807, 2.05) is 19.1 Å². The number of hydrogen-bond acceptors (Lipinski definition) is 3. The zero-order valence-electron chi connectivity index (χ0n) is 11.8. The maximum Gasteiger partial charge on any atom is 0.310 e. The molecule has 4 heteroatoms. The molecule has 2 atom stereocenters. The summed E-state index contributed by atoms with van der Waals surface area (Å²) in [4.78, 5) is 13.9. The van der Waals surface area contributed by atoms with Crippen molar-refractivity contribution in [1.82, 2.24) is 4.90 Å². The van der Waals surface area contributed by atoms with Gasteiger partial charge in [0.2, 0.25) is 0 Å². The number of carboxylic acid groups (broad SMARTS) is 1. The number of hydrogen-bond donors (Lipinski definition) is 1. The van der Waals surface area contributed by atoms with Gasteiger partial charge in [-0.1, -0.05) is 13.8 Å². The molecule has 1 aromatic rings. The third kappa shape index (κ3) is 2.68. The van der Waals surface area contributed by atoms with Crippen LogP contribution in [-0.2, 0) is 4.79 Å². The van der Waals surface area contributed by atoms with Gasteiger partial charge in [-0.2, -0.15) is 0 Å². The van der Waals surface area contributed by atoms with E-state index in [-0.39, 0.29) is 6.04 Å². The standard InChI is InChI=1S/C15H23NO3/c1-3-12(13-7-5-10-19-13)16-9-6-8-15(4-2,11-16)14(17)18/h5,7,10,12H,3-4,6,8-9,11H2,1-2H3,(H,17,18). The van der Waals surface area contributed by atoms with Gasteiger partial charge in [-0.25, -0.2) is 0 Å². The third-order valence-electron chi connectivity index (χ3n) is 4.44. The highest BCUT2D eigenvalue weighted by Crippen LogP contribution is 2.38. The van der Waals surface area contributed by atoms with Gasteiger partial charge in [0, 0.05) is 6.54 Å². The van der Waals surface area contributed by atoms with Crippen molar-refractivity contribution in [3.63, 3.8) is 0 Å². The van der Waals surface area contributed by atoms with Crippen LogP contribution in [0.4, 0.5) is 0 Å². The molecule has 1 saturated heterocycles. The van der Waals surface area contributed by atoms with Crippen molar-refractivity contribution in [2.24, 2.45) is 5.41 Å². The van der Waals surface area contributed by atoms with Crippen molar-refractivity contribution in [2.45, 2.75) is 45.6 Å². The highest BCUT2D eigenvalue weighted by molar-refractivity contribution is 5.75. The number of nitrogens with zero attached hydrogens (tertiary/aromatic N) is 1. The van der Waals surface area contributed by atoms with E-state index in [4.69, 9.17) is 4.42 Å². The Balaban J connectivity index is 2.18. The smallest absolute Gasteiger partial charge is 0.310 e. The summed E-state index contributed by atoms with van der Waals surface area (Å²) in [6.45, 7) is 5.67. The summed E-state index contributed by atoms with van der Waals surface area (Å²) >= 11 is 0. The average Bonchev–Trinajstić information content (AvgIpc) is 2.93. The van der Waals surface area contributed by atoms with Gasteiger partial charge in [-0.15, -0.1) is 0 Å². The lowest BCUT2D eigenvalue weighted by molar-refractivity contribution is -0.153. The molecule has 19 heavy (non-hydrogen) atoms. The Kier molecular flexibility index (Phi) is 4.30. The molecular formula is C15H23NO3. The molecule has 1 aliphatic heterocycles. The Labute approximate surface area is 114 Å². The van der Waals surface area contributed by atoms with E-state index < -0.39 is 11.4 Å². The van der Waals surface area contributed by atoms with Gasteiger partial charge >= 0.3 is 5.97 Å². The van der Waals surface area contributed by atoms with E-state index in [0.717, 1.165) is 31.6 Å². The first-order valence-electron chi connectivity index (χ1n) is 7.14. The minimum absolute atomic E-state index is 0.195. The number of aliphatic carboxylic acids is 1. The average molecular weight is 265 g/mol. The van der Waals surface area contributed by atoms with Crippen LogP contribution < -0.4 is 0 Å². The van der Waals surface area contributed by atoms with E-state index in [9.17, 15) is 9.90 Å². The molecule has 2 rings (SSSR count). The number of rotatable bonds is 5. The van der Waals surface area contributed by atoms with E-state index in [1.54, 1.807) is 6.26 Å². The van der Waals surface area contributed by atoms with Gasteiger partial charge in [-0.05, 0) is 44.4 Å². The van der Waals surface area contributed by atoms with Crippen LogP contribution in [0.15, 0.2) is 22.8 Å². The van der Waals surface area contributed by atoms with Crippen LogP contribution in [0, 0.1) is 5.41 Å². The largest absolute Gasteiger partial charge is 0.481 e. The second-order valence-corrected chi connectivity index (χ2v) is 5.45. The molecule has 0 amide bonds. The fourth-order valence-electron chi connectivity index (χ4n) is 3.17. The zero-order chi connectivity index (χ0) is 13.9. The number of piperidine rings is 1. The molecule has 2 heterocycles. The van der Waals surface area contributed by atoms with Crippen molar-refractivity contribution in [2.75, 3.05) is 13.1 Å². The molecule has 0 aliphatic carbocycles. The molecule has 1 N–H and O–H groups in total. The van der Waals surface area contributed by atoms with Crippen LogP contribution in [0.5, 0.6) is 0 Å². The monoisotopic (exact) mass is 265 g/mol. The molecule has 0 spiro atoms. The van der Waals surface area contributed by atoms with Gasteiger partial charge in [-0.3, -0.25) is 9.69 Å². The highest BCUT2D eigenvalue weighted by atomic mass is 16.4. The van der Waals surface area contributed by atoms with Crippen molar-refractivity contribution >= 4 is 5.97 Å². The molecule has 106 valence electrons. The fraction of sp³-hybridized carbons (Fsp3) is 0.667. The lowest BCUT2D eigenvalue weighted by Gasteiger charge is -2.42. The first kappa shape index (κ1) is 14.1. The molecule has 1 aliphatic rings. The molecule has 1 aromatic heterocycles. The van der Waals surface area contributed by atoms with E-state index >= 15 is 0 Å². The SMILES string of the molecule is CCC(c1ccco1)N1CCCC(CC)(C(=O)O)C1. The Bertz CT molecular complexity index is 415. The van der Waals surface area contributed by atoms with E-state index in [2.05, 4.69) is 11.8 Å². The predicted octanol–water partition coefficient (Wildman–Crippen LogP) is 3.31. The molecular weight excluding hydrogens is 242 g/mol. The van der Waals surface area contributed by atoms with Crippen molar-refractivity contribution in [1.29, 1.82) is 0 Å². The molecule has 0 bridgehead atoms. The molecule has 0 saturated carbocycles. The lowest BCUT2D eigenvalue weighted by atomic mass is 9.77. The number of carboxylic acids is 1. The molecule has 0 aromatic carbocycles. The van der Waals surface area contributed by atoms with Crippen LogP contribution in [0.3, 0.4) is 0 Å². The second kappa shape index (κ2) is 5.78. The number of furan rings is 1. The minimum atomic E-state index is -0.658. The molecule has 1 fully saturated rings. The van der Waals surface area contributed by atoms with Gasteiger partial charge in [0.05, 0.1) is 17.7 Å². The minimum Gasteiger partial charge on any atom is -0.481 e. The Hall–Kier alpha value is -1.29. The quantitative estimate of drug-likeness (QED) is 0.887. The summed E-state index contributed by atoms with van der Waals surface area (Å²) in [5.74, 6) is 0.286. The summed E-state index contributed by atoms with van der Waals surface area (Å²) < 4.78 is 5.51. The maximum atomic E-state index is 11.6. The summed E-state index contributed by atoms with van der Waals surface area (Å²) in [5.41, 5.74) is -0.585. The van der Waals surface area contributed by atoms with Crippen molar-refractivity contribution in [3.05, 3.63) is 24.2 Å². The van der Waals surface area contributed by atoms with Crippen LogP contribution in [-0.4, -0.2) is 29.1 Å². The van der Waals surface area contributed by atoms with E-state index in [1.165, 1.54) is 0 Å². The van der Waals surface area contributed by atoms with Crippen molar-refractivity contribution < 1.29 is 14.3 Å². The summed E-state index contributed by atoms with van der Waals surface area (Å²) in [7, 11) is 0. The highest BCUT2D eigenvalue weighted by Gasteiger charge is 2.42. The first-order valence-corrected chi connectivity index (χ1v) is 7.14. The summed E-state index contributed by atoms with van der Waals surface area (Å²) in [6, 6.07) is 4.07. The summed E-state index contributed by atoms with van der Waals surface area (Å²) in [6.07, 6.45) is 5.04. The number of carbonyl (C=O) groups is 1. The van der Waals surface area contributed by atoms with Gasteiger partial charge in [0.25, 0.3) is 0 Å². The van der Waals surface area contributed by atoms with Crippen LogP contribution in [0.1, 0.15) is 51.3 Å². The summed E-state index contributed by atoms with van der Waals surface area (Å²) in [5, 5.41) is 9.54. The van der Waals surface area contributed by atoms with Gasteiger partial charge < -0.3 is 9.52 Å². The molecule has 2 unspecified atom stereocenters. The van der Waals surface area contributed by atoms with Crippen molar-refractivity contribution in [3.8, 4) is 0 Å². The molecule has 4 nitrogen and oxygen atoms in total. The fourth-order valence-corrected chi connectivity index (χ4v) is 3.17. The normalized spacial score (nSPS) is 26.2. The van der Waals surface area contributed by atoms with Gasteiger partial charge in [0.15, 0.2) is 0 Å². The lowest BCUT2D eigenvalue weighted by Crippen LogP contribution is -2.48. The Morgan fingerprint density at radius 1 is 1.58 bits per heavy atom. The Morgan fingerprint density at radius 3 is 2.89 bits per heavy atom. The molecule has 0 radical (unpaired) electrons. The first-order chi connectivity index (χ1) is 9.13. The number of likely N-dealkylation sites (tertiary alicyclic amines) is 1. The Morgan fingerprint density at radius 2 is 2.37 bits per heavy atom. The second-order valence-electron chi connectivity index (χ2n) is 5.45. The van der Waals surface area contributed by atoms with E-state index in [0.29, 0.717) is 13.0 Å². The van der Waals surface area contributed by atoms with Crippen LogP contribution in [0.25, 0.3) is 0 Å². The maximum absolute atomic E-state index is 11.6. The van der Waals surface area contributed by atoms with Gasteiger partial charge in [0.1, 0.15) is 5.76 Å². The topological polar surface area (TPSA) is 53.7 Å². The third-order valence-corrected chi connectivity index (χ3v) is 4.44. The van der Waals surface area contributed by atoms with Crippen LogP contribution >= 0.6 is 0 Å². The van der Waals surface area contributed by atoms with Crippen LogP contribution in [0.2, 0.25) is 0 Å². The zero-order valence-corrected chi connectivity index (χ0v) is 11.8.